The van der Waals surface area contributed by atoms with E-state index in [-0.39, 0.29) is 36.6 Å². The van der Waals surface area contributed by atoms with Crippen molar-refractivity contribution in [2.75, 3.05) is 0 Å². The first-order chi connectivity index (χ1) is 12.1. The number of carbonyl (C=O) groups excluding carboxylic acids is 1. The van der Waals surface area contributed by atoms with E-state index in [1.807, 2.05) is 26.8 Å². The third-order valence-corrected chi connectivity index (χ3v) is 5.24. The van der Waals surface area contributed by atoms with Gasteiger partial charge < -0.3 is 14.7 Å². The summed E-state index contributed by atoms with van der Waals surface area (Å²) in [5.74, 6) is -0.627. The van der Waals surface area contributed by atoms with Crippen LogP contribution in [0.4, 0.5) is 9.18 Å². The summed E-state index contributed by atoms with van der Waals surface area (Å²) in [5, 5.41) is 20.6. The lowest BCUT2D eigenvalue weighted by Gasteiger charge is -2.52. The van der Waals surface area contributed by atoms with Gasteiger partial charge in [-0.05, 0) is 46.1 Å². The Kier molecular flexibility index (Phi) is 4.70. The van der Waals surface area contributed by atoms with Crippen LogP contribution in [-0.2, 0) is 10.3 Å². The van der Waals surface area contributed by atoms with E-state index in [0.717, 1.165) is 19.3 Å². The summed E-state index contributed by atoms with van der Waals surface area (Å²) in [6.45, 7) is 5.48. The number of fused-ring (bicyclic) bond motifs is 2. The third kappa shape index (κ3) is 3.41. The molecule has 1 amide bonds. The van der Waals surface area contributed by atoms with Gasteiger partial charge in [0, 0.05) is 30.5 Å². The Morgan fingerprint density at radius 1 is 1.35 bits per heavy atom. The van der Waals surface area contributed by atoms with Gasteiger partial charge in [0.15, 0.2) is 0 Å². The number of ether oxygens (including phenoxy) is 1. The zero-order valence-electron chi connectivity index (χ0n) is 15.5. The minimum atomic E-state index is -1.32. The van der Waals surface area contributed by atoms with Crippen LogP contribution in [0.3, 0.4) is 0 Å². The Balaban J connectivity index is 1.92. The summed E-state index contributed by atoms with van der Waals surface area (Å²) in [6.07, 6.45) is 2.68. The van der Waals surface area contributed by atoms with Gasteiger partial charge in [0.2, 0.25) is 0 Å². The maximum atomic E-state index is 14.0. The van der Waals surface area contributed by atoms with Gasteiger partial charge in [0.05, 0.1) is 11.2 Å². The summed E-state index contributed by atoms with van der Waals surface area (Å²) in [5.41, 5.74) is -1.70. The van der Waals surface area contributed by atoms with E-state index in [4.69, 9.17) is 4.74 Å². The molecule has 26 heavy (non-hydrogen) atoms. The van der Waals surface area contributed by atoms with E-state index >= 15 is 0 Å². The second kappa shape index (κ2) is 6.55. The molecule has 0 aliphatic carbocycles. The minimum absolute atomic E-state index is 0.112. The lowest BCUT2D eigenvalue weighted by atomic mass is 9.71. The third-order valence-electron chi connectivity index (χ3n) is 5.24. The van der Waals surface area contributed by atoms with Crippen LogP contribution >= 0.6 is 0 Å². The molecule has 2 heterocycles. The average Bonchev–Trinajstić information content (AvgIpc) is 2.52. The second-order valence-electron chi connectivity index (χ2n) is 8.34. The quantitative estimate of drug-likeness (QED) is 0.826. The zero-order valence-corrected chi connectivity index (χ0v) is 15.5. The number of carbonyl (C=O) groups is 1. The molecule has 2 atom stereocenters. The Morgan fingerprint density at radius 3 is 2.50 bits per heavy atom. The molecule has 2 aliphatic rings. The maximum absolute atomic E-state index is 14.0. The van der Waals surface area contributed by atoms with Gasteiger partial charge in [-0.3, -0.25) is 0 Å². The molecule has 0 saturated carbocycles. The highest BCUT2D eigenvalue weighted by molar-refractivity contribution is 5.69. The molecule has 0 radical (unpaired) electrons. The van der Waals surface area contributed by atoms with Crippen LogP contribution in [0.25, 0.3) is 0 Å². The molecule has 1 aromatic rings. The van der Waals surface area contributed by atoms with E-state index in [0.29, 0.717) is 5.56 Å². The van der Waals surface area contributed by atoms with Crippen LogP contribution in [0.5, 0.6) is 0 Å². The van der Waals surface area contributed by atoms with Crippen molar-refractivity contribution in [1.29, 1.82) is 5.26 Å². The van der Waals surface area contributed by atoms with Gasteiger partial charge in [-0.1, -0.05) is 12.1 Å². The number of hydrogen-bond donors (Lipinski definition) is 1. The average molecular weight is 360 g/mol. The highest BCUT2D eigenvalue weighted by atomic mass is 19.1. The molecule has 2 saturated heterocycles. The number of halogens is 1. The Bertz CT molecular complexity index is 736. The van der Waals surface area contributed by atoms with E-state index < -0.39 is 17.0 Å². The van der Waals surface area contributed by atoms with Crippen LogP contribution in [0, 0.1) is 17.1 Å². The molecule has 140 valence electrons. The van der Waals surface area contributed by atoms with Gasteiger partial charge in [-0.2, -0.15) is 5.26 Å². The predicted molar refractivity (Wildman–Crippen MR) is 93.7 cm³/mol. The number of rotatable bonds is 1. The van der Waals surface area contributed by atoms with Crippen molar-refractivity contribution in [3.05, 3.63) is 35.1 Å². The molecule has 2 unspecified atom stereocenters. The van der Waals surface area contributed by atoms with Gasteiger partial charge >= 0.3 is 6.09 Å². The molecular weight excluding hydrogens is 335 g/mol. The molecule has 2 aliphatic heterocycles. The summed E-state index contributed by atoms with van der Waals surface area (Å²) in [6, 6.07) is 5.86. The van der Waals surface area contributed by atoms with Crippen LogP contribution in [-0.4, -0.2) is 33.8 Å². The molecule has 0 aromatic heterocycles. The molecule has 3 rings (SSSR count). The number of nitrogens with zero attached hydrogens (tertiary/aromatic N) is 2. The van der Waals surface area contributed by atoms with Crippen LogP contribution < -0.4 is 0 Å². The first-order valence-corrected chi connectivity index (χ1v) is 9.07. The van der Waals surface area contributed by atoms with Crippen LogP contribution in [0.2, 0.25) is 0 Å². The molecule has 6 heteroatoms. The Hall–Kier alpha value is -2.13. The van der Waals surface area contributed by atoms with Crippen molar-refractivity contribution in [3.8, 4) is 6.07 Å². The van der Waals surface area contributed by atoms with Crippen molar-refractivity contribution in [2.45, 2.75) is 76.2 Å². The fourth-order valence-electron chi connectivity index (χ4n) is 4.29. The molecule has 1 aromatic carbocycles. The minimum Gasteiger partial charge on any atom is -0.444 e. The van der Waals surface area contributed by atoms with Crippen molar-refractivity contribution in [3.63, 3.8) is 0 Å². The van der Waals surface area contributed by atoms with E-state index in [1.54, 1.807) is 11.0 Å². The van der Waals surface area contributed by atoms with Crippen molar-refractivity contribution in [2.24, 2.45) is 0 Å². The smallest absolute Gasteiger partial charge is 0.410 e. The topological polar surface area (TPSA) is 73.6 Å². The van der Waals surface area contributed by atoms with Crippen molar-refractivity contribution in [1.82, 2.24) is 4.90 Å². The van der Waals surface area contributed by atoms with Crippen molar-refractivity contribution >= 4 is 6.09 Å². The van der Waals surface area contributed by atoms with Crippen LogP contribution in [0.1, 0.15) is 64.0 Å². The highest BCUT2D eigenvalue weighted by Gasteiger charge is 2.50. The molecule has 2 bridgehead atoms. The number of aliphatic hydroxyl groups is 1. The standard InChI is InChI=1S/C20H25FN2O3/c1-19(2,3)26-18(24)23-13-6-4-7-14(23)11-20(25,10-13)16-8-5-9-17(21)15(16)12-22/h5,8-9,13-14,25H,4,6-7,10-11H2,1-3H3. The van der Waals surface area contributed by atoms with Crippen molar-refractivity contribution < 1.29 is 19.0 Å². The van der Waals surface area contributed by atoms with Gasteiger partial charge in [0.1, 0.15) is 17.5 Å². The summed E-state index contributed by atoms with van der Waals surface area (Å²) >= 11 is 0. The lowest BCUT2D eigenvalue weighted by molar-refractivity contribution is -0.0967. The summed E-state index contributed by atoms with van der Waals surface area (Å²) < 4.78 is 19.6. The lowest BCUT2D eigenvalue weighted by Crippen LogP contribution is -2.59. The molecule has 0 spiro atoms. The predicted octanol–water partition coefficient (Wildman–Crippen LogP) is 3.84. The summed E-state index contributed by atoms with van der Waals surface area (Å²) in [7, 11) is 0. The molecule has 1 N–H and O–H groups in total. The molecule has 5 nitrogen and oxygen atoms in total. The first kappa shape index (κ1) is 18.7. The highest BCUT2D eigenvalue weighted by Crippen LogP contribution is 2.45. The largest absolute Gasteiger partial charge is 0.444 e. The number of piperidine rings is 2. The Labute approximate surface area is 153 Å². The Morgan fingerprint density at radius 2 is 1.96 bits per heavy atom. The van der Waals surface area contributed by atoms with Gasteiger partial charge in [0.25, 0.3) is 0 Å². The summed E-state index contributed by atoms with van der Waals surface area (Å²) in [4.78, 5) is 14.4. The fraction of sp³-hybridized carbons (Fsp3) is 0.600. The first-order valence-electron chi connectivity index (χ1n) is 9.07. The van der Waals surface area contributed by atoms with Gasteiger partial charge in [-0.25, -0.2) is 9.18 Å². The number of nitriles is 1. The van der Waals surface area contributed by atoms with E-state index in [9.17, 15) is 19.6 Å². The van der Waals surface area contributed by atoms with Crippen LogP contribution in [0.15, 0.2) is 18.2 Å². The zero-order chi connectivity index (χ0) is 19.1. The molecule has 2 fully saturated rings. The molecular formula is C20H25FN2O3. The van der Waals surface area contributed by atoms with E-state index in [1.165, 1.54) is 12.1 Å². The fourth-order valence-corrected chi connectivity index (χ4v) is 4.29. The number of amides is 1. The second-order valence-corrected chi connectivity index (χ2v) is 8.34. The number of benzene rings is 1. The monoisotopic (exact) mass is 360 g/mol. The van der Waals surface area contributed by atoms with E-state index in [2.05, 4.69) is 0 Å². The SMILES string of the molecule is CC(C)(C)OC(=O)N1C2CCCC1CC(O)(c1cccc(F)c1C#N)C2. The normalized spacial score (nSPS) is 28.4. The van der Waals surface area contributed by atoms with Gasteiger partial charge in [-0.15, -0.1) is 0 Å². The number of hydrogen-bond acceptors (Lipinski definition) is 4. The maximum Gasteiger partial charge on any atom is 0.410 e.